The lowest BCUT2D eigenvalue weighted by molar-refractivity contribution is 0.152. The van der Waals surface area contributed by atoms with Gasteiger partial charge in [-0.25, -0.2) is 4.79 Å². The number of fused-ring (bicyclic) bond motifs is 1. The first-order valence-corrected chi connectivity index (χ1v) is 6.39. The third-order valence-electron chi connectivity index (χ3n) is 3.00. The van der Waals surface area contributed by atoms with Crippen LogP contribution in [-0.2, 0) is 0 Å². The fraction of sp³-hybridized carbons (Fsp3) is 0. The van der Waals surface area contributed by atoms with Crippen LogP contribution in [0.5, 0.6) is 17.2 Å². The molecule has 0 saturated carbocycles. The SMILES string of the molecule is O=C(Oc1ccccc1)Oc1ccc(O)c2ccccc12. The molecule has 104 valence electrons. The molecule has 4 heteroatoms. The second-order valence-electron chi connectivity index (χ2n) is 4.40. The number of benzene rings is 3. The Morgan fingerprint density at radius 1 is 0.762 bits per heavy atom. The Kier molecular flexibility index (Phi) is 3.43. The zero-order valence-electron chi connectivity index (χ0n) is 11.0. The lowest BCUT2D eigenvalue weighted by atomic mass is 10.1. The molecule has 3 aromatic rings. The van der Waals surface area contributed by atoms with Crippen LogP contribution in [0.2, 0.25) is 0 Å². The van der Waals surface area contributed by atoms with Gasteiger partial charge in [0.2, 0.25) is 0 Å². The van der Waals surface area contributed by atoms with Crippen LogP contribution in [0.1, 0.15) is 0 Å². The van der Waals surface area contributed by atoms with E-state index in [2.05, 4.69) is 0 Å². The highest BCUT2D eigenvalue weighted by Crippen LogP contribution is 2.32. The van der Waals surface area contributed by atoms with Crippen LogP contribution in [0.15, 0.2) is 66.7 Å². The normalized spacial score (nSPS) is 10.3. The van der Waals surface area contributed by atoms with Crippen molar-refractivity contribution in [3.05, 3.63) is 66.7 Å². The van der Waals surface area contributed by atoms with E-state index >= 15 is 0 Å². The van der Waals surface area contributed by atoms with Crippen molar-refractivity contribution in [1.29, 1.82) is 0 Å². The minimum Gasteiger partial charge on any atom is -0.507 e. The van der Waals surface area contributed by atoms with Gasteiger partial charge in [-0.2, -0.15) is 0 Å². The number of hydrogen-bond donors (Lipinski definition) is 1. The number of ether oxygens (including phenoxy) is 2. The molecule has 3 rings (SSSR count). The monoisotopic (exact) mass is 280 g/mol. The van der Waals surface area contributed by atoms with Gasteiger partial charge in [0.25, 0.3) is 0 Å². The molecule has 0 radical (unpaired) electrons. The van der Waals surface area contributed by atoms with Gasteiger partial charge in [0.05, 0.1) is 0 Å². The average Bonchev–Trinajstić information content (AvgIpc) is 2.51. The van der Waals surface area contributed by atoms with Gasteiger partial charge < -0.3 is 14.6 Å². The number of phenolic OH excluding ortho intramolecular Hbond substituents is 1. The van der Waals surface area contributed by atoms with Gasteiger partial charge >= 0.3 is 6.16 Å². The minimum atomic E-state index is -0.822. The predicted octanol–water partition coefficient (Wildman–Crippen LogP) is 4.12. The molecule has 0 aliphatic rings. The first-order valence-electron chi connectivity index (χ1n) is 6.39. The van der Waals surface area contributed by atoms with E-state index < -0.39 is 6.16 Å². The summed E-state index contributed by atoms with van der Waals surface area (Å²) in [5, 5.41) is 11.0. The van der Waals surface area contributed by atoms with Crippen molar-refractivity contribution in [3.8, 4) is 17.2 Å². The lowest BCUT2D eigenvalue weighted by Gasteiger charge is -2.09. The summed E-state index contributed by atoms with van der Waals surface area (Å²) in [4.78, 5) is 11.8. The maximum absolute atomic E-state index is 11.8. The van der Waals surface area contributed by atoms with Gasteiger partial charge in [0.1, 0.15) is 17.2 Å². The van der Waals surface area contributed by atoms with Crippen LogP contribution in [-0.4, -0.2) is 11.3 Å². The molecule has 0 fully saturated rings. The number of phenols is 1. The summed E-state index contributed by atoms with van der Waals surface area (Å²) in [7, 11) is 0. The first-order chi connectivity index (χ1) is 10.2. The summed E-state index contributed by atoms with van der Waals surface area (Å²) < 4.78 is 10.3. The predicted molar refractivity (Wildman–Crippen MR) is 78.7 cm³/mol. The molecule has 0 spiro atoms. The van der Waals surface area contributed by atoms with Crippen LogP contribution in [0.25, 0.3) is 10.8 Å². The molecule has 1 N–H and O–H groups in total. The maximum Gasteiger partial charge on any atom is 0.519 e. The molecular formula is C17H12O4. The Balaban J connectivity index is 1.85. The summed E-state index contributed by atoms with van der Waals surface area (Å²) in [6, 6.07) is 18.8. The second-order valence-corrected chi connectivity index (χ2v) is 4.40. The fourth-order valence-electron chi connectivity index (χ4n) is 2.04. The summed E-state index contributed by atoms with van der Waals surface area (Å²) in [5.41, 5.74) is 0. The topological polar surface area (TPSA) is 55.8 Å². The van der Waals surface area contributed by atoms with Gasteiger partial charge in [-0.05, 0) is 24.3 Å². The molecule has 0 bridgehead atoms. The van der Waals surface area contributed by atoms with Crippen LogP contribution in [0.3, 0.4) is 0 Å². The van der Waals surface area contributed by atoms with Crippen molar-refractivity contribution < 1.29 is 19.4 Å². The van der Waals surface area contributed by atoms with E-state index in [1.54, 1.807) is 48.5 Å². The van der Waals surface area contributed by atoms with E-state index in [0.29, 0.717) is 22.3 Å². The molecule has 21 heavy (non-hydrogen) atoms. The highest BCUT2D eigenvalue weighted by molar-refractivity contribution is 5.94. The van der Waals surface area contributed by atoms with E-state index in [0.717, 1.165) is 0 Å². The van der Waals surface area contributed by atoms with Crippen molar-refractivity contribution in [2.24, 2.45) is 0 Å². The smallest absolute Gasteiger partial charge is 0.507 e. The van der Waals surface area contributed by atoms with E-state index in [1.807, 2.05) is 6.07 Å². The Hall–Kier alpha value is -3.01. The van der Waals surface area contributed by atoms with Crippen molar-refractivity contribution in [1.82, 2.24) is 0 Å². The largest absolute Gasteiger partial charge is 0.519 e. The average molecular weight is 280 g/mol. The summed E-state index contributed by atoms with van der Waals surface area (Å²) in [5.74, 6) is 0.879. The third kappa shape index (κ3) is 2.79. The third-order valence-corrected chi connectivity index (χ3v) is 3.00. The molecular weight excluding hydrogens is 268 g/mol. The molecule has 3 aromatic carbocycles. The van der Waals surface area contributed by atoms with Crippen molar-refractivity contribution >= 4 is 16.9 Å². The Morgan fingerprint density at radius 2 is 1.43 bits per heavy atom. The highest BCUT2D eigenvalue weighted by Gasteiger charge is 2.12. The Bertz CT molecular complexity index is 781. The van der Waals surface area contributed by atoms with Gasteiger partial charge in [0.15, 0.2) is 0 Å². The Morgan fingerprint density at radius 3 is 2.19 bits per heavy atom. The zero-order chi connectivity index (χ0) is 14.7. The summed E-state index contributed by atoms with van der Waals surface area (Å²) >= 11 is 0. The molecule has 0 unspecified atom stereocenters. The van der Waals surface area contributed by atoms with E-state index in [-0.39, 0.29) is 5.75 Å². The van der Waals surface area contributed by atoms with Crippen LogP contribution < -0.4 is 9.47 Å². The number of aromatic hydroxyl groups is 1. The van der Waals surface area contributed by atoms with Gasteiger partial charge in [-0.3, -0.25) is 0 Å². The molecule has 4 nitrogen and oxygen atoms in total. The number of para-hydroxylation sites is 1. The summed E-state index contributed by atoms with van der Waals surface area (Å²) in [6.45, 7) is 0. The van der Waals surface area contributed by atoms with Crippen LogP contribution in [0, 0.1) is 0 Å². The molecule has 0 saturated heterocycles. The number of carbonyl (C=O) groups excluding carboxylic acids is 1. The molecule has 0 aliphatic heterocycles. The second kappa shape index (κ2) is 5.54. The molecule has 0 heterocycles. The van der Waals surface area contributed by atoms with E-state index in [4.69, 9.17) is 9.47 Å². The molecule has 0 aliphatic carbocycles. The van der Waals surface area contributed by atoms with Crippen molar-refractivity contribution in [3.63, 3.8) is 0 Å². The van der Waals surface area contributed by atoms with Gasteiger partial charge in [-0.15, -0.1) is 0 Å². The number of carbonyl (C=O) groups is 1. The zero-order valence-corrected chi connectivity index (χ0v) is 11.0. The lowest BCUT2D eigenvalue weighted by Crippen LogP contribution is -2.13. The number of hydrogen-bond acceptors (Lipinski definition) is 4. The maximum atomic E-state index is 11.8. The van der Waals surface area contributed by atoms with Gasteiger partial charge in [-0.1, -0.05) is 42.5 Å². The highest BCUT2D eigenvalue weighted by atomic mass is 16.7. The van der Waals surface area contributed by atoms with Gasteiger partial charge in [0, 0.05) is 10.8 Å². The molecule has 0 aromatic heterocycles. The molecule has 0 atom stereocenters. The van der Waals surface area contributed by atoms with Crippen molar-refractivity contribution in [2.45, 2.75) is 0 Å². The van der Waals surface area contributed by atoms with E-state index in [1.165, 1.54) is 12.1 Å². The quantitative estimate of drug-likeness (QED) is 0.566. The van der Waals surface area contributed by atoms with Crippen LogP contribution in [0.4, 0.5) is 4.79 Å². The first kappa shape index (κ1) is 13.0. The summed E-state index contributed by atoms with van der Waals surface area (Å²) in [6.07, 6.45) is -0.822. The number of rotatable bonds is 2. The Labute approximate surface area is 121 Å². The van der Waals surface area contributed by atoms with Crippen molar-refractivity contribution in [2.75, 3.05) is 0 Å². The standard InChI is InChI=1S/C17H12O4/c18-15-10-11-16(14-9-5-4-8-13(14)15)21-17(19)20-12-6-2-1-3-7-12/h1-11,18H. The molecule has 0 amide bonds. The van der Waals surface area contributed by atoms with Crippen LogP contribution >= 0.6 is 0 Å². The van der Waals surface area contributed by atoms with E-state index in [9.17, 15) is 9.90 Å². The minimum absolute atomic E-state index is 0.134. The fourth-order valence-corrected chi connectivity index (χ4v) is 2.04.